The zero-order valence-electron chi connectivity index (χ0n) is 10.9. The van der Waals surface area contributed by atoms with E-state index in [0.717, 1.165) is 27.6 Å². The standard InChI is InChI=1S/C15H15N3O/c1-8(2)13-11(14(16)19)7-10-9-5-3-4-6-12(9)17-15(10)18-13/h3-8H,1-2H3,(H2,16,19)(H,17,18). The lowest BCUT2D eigenvalue weighted by atomic mass is 10.0. The van der Waals surface area contributed by atoms with E-state index in [1.165, 1.54) is 0 Å². The summed E-state index contributed by atoms with van der Waals surface area (Å²) in [5.41, 5.74) is 8.53. The molecule has 4 nitrogen and oxygen atoms in total. The Balaban J connectivity index is 2.43. The first-order chi connectivity index (χ1) is 9.08. The molecular formula is C15H15N3O. The van der Waals surface area contributed by atoms with Crippen molar-refractivity contribution in [2.75, 3.05) is 0 Å². The molecule has 4 heteroatoms. The highest BCUT2D eigenvalue weighted by Gasteiger charge is 2.16. The van der Waals surface area contributed by atoms with Crippen molar-refractivity contribution in [1.29, 1.82) is 0 Å². The molecule has 0 aliphatic rings. The van der Waals surface area contributed by atoms with E-state index in [4.69, 9.17) is 5.73 Å². The molecule has 3 aromatic rings. The van der Waals surface area contributed by atoms with Gasteiger partial charge in [0.05, 0.1) is 11.3 Å². The highest BCUT2D eigenvalue weighted by molar-refractivity contribution is 6.08. The van der Waals surface area contributed by atoms with Gasteiger partial charge in [-0.05, 0) is 18.1 Å². The van der Waals surface area contributed by atoms with Gasteiger partial charge in [-0.1, -0.05) is 32.0 Å². The van der Waals surface area contributed by atoms with Gasteiger partial charge in [-0.3, -0.25) is 4.79 Å². The first-order valence-corrected chi connectivity index (χ1v) is 6.29. The number of aromatic amines is 1. The number of hydrogen-bond acceptors (Lipinski definition) is 2. The SMILES string of the molecule is CC(C)c1nc2[nH]c3ccccc3c2cc1C(N)=O. The number of rotatable bonds is 2. The number of para-hydroxylation sites is 1. The molecule has 0 aliphatic carbocycles. The van der Waals surface area contributed by atoms with Crippen molar-refractivity contribution < 1.29 is 4.79 Å². The molecule has 0 saturated carbocycles. The molecule has 0 bridgehead atoms. The number of aromatic nitrogens is 2. The second-order valence-corrected chi connectivity index (χ2v) is 5.01. The third-order valence-corrected chi connectivity index (χ3v) is 3.33. The minimum atomic E-state index is -0.427. The number of fused-ring (bicyclic) bond motifs is 3. The molecule has 0 fully saturated rings. The van der Waals surface area contributed by atoms with Crippen LogP contribution in [0.2, 0.25) is 0 Å². The van der Waals surface area contributed by atoms with E-state index < -0.39 is 5.91 Å². The van der Waals surface area contributed by atoms with Gasteiger partial charge in [0.1, 0.15) is 5.65 Å². The maximum absolute atomic E-state index is 11.6. The molecule has 0 saturated heterocycles. The number of carbonyl (C=O) groups excluding carboxylic acids is 1. The average Bonchev–Trinajstić information content (AvgIpc) is 2.74. The summed E-state index contributed by atoms with van der Waals surface area (Å²) in [5.74, 6) is -0.276. The first-order valence-electron chi connectivity index (χ1n) is 6.29. The predicted octanol–water partition coefficient (Wildman–Crippen LogP) is 2.94. The second-order valence-electron chi connectivity index (χ2n) is 5.01. The number of carbonyl (C=O) groups is 1. The third-order valence-electron chi connectivity index (χ3n) is 3.33. The fourth-order valence-corrected chi connectivity index (χ4v) is 2.42. The van der Waals surface area contributed by atoms with Crippen molar-refractivity contribution >= 4 is 27.8 Å². The molecule has 1 aromatic carbocycles. The number of hydrogen-bond donors (Lipinski definition) is 2. The van der Waals surface area contributed by atoms with Gasteiger partial charge in [0.25, 0.3) is 5.91 Å². The minimum absolute atomic E-state index is 0.151. The maximum Gasteiger partial charge on any atom is 0.250 e. The normalized spacial score (nSPS) is 11.5. The molecule has 0 spiro atoms. The summed E-state index contributed by atoms with van der Waals surface area (Å²) in [6.07, 6.45) is 0. The molecule has 3 rings (SSSR count). The van der Waals surface area contributed by atoms with Crippen molar-refractivity contribution in [1.82, 2.24) is 9.97 Å². The number of nitrogens with zero attached hydrogens (tertiary/aromatic N) is 1. The Kier molecular flexibility index (Phi) is 2.52. The Morgan fingerprint density at radius 2 is 2.00 bits per heavy atom. The largest absolute Gasteiger partial charge is 0.366 e. The van der Waals surface area contributed by atoms with Crippen LogP contribution in [0.5, 0.6) is 0 Å². The monoisotopic (exact) mass is 253 g/mol. The Morgan fingerprint density at radius 3 is 2.68 bits per heavy atom. The molecule has 1 amide bonds. The van der Waals surface area contributed by atoms with Gasteiger partial charge in [-0.25, -0.2) is 4.98 Å². The van der Waals surface area contributed by atoms with E-state index in [2.05, 4.69) is 9.97 Å². The van der Waals surface area contributed by atoms with Crippen molar-refractivity contribution in [3.8, 4) is 0 Å². The second kappa shape index (κ2) is 4.09. The maximum atomic E-state index is 11.6. The van der Waals surface area contributed by atoms with Crippen molar-refractivity contribution in [2.45, 2.75) is 19.8 Å². The van der Waals surface area contributed by atoms with Gasteiger partial charge >= 0.3 is 0 Å². The number of primary amides is 1. The lowest BCUT2D eigenvalue weighted by Crippen LogP contribution is -2.15. The van der Waals surface area contributed by atoms with E-state index in [1.54, 1.807) is 0 Å². The van der Waals surface area contributed by atoms with E-state index >= 15 is 0 Å². The van der Waals surface area contributed by atoms with Crippen LogP contribution in [-0.4, -0.2) is 15.9 Å². The summed E-state index contributed by atoms with van der Waals surface area (Å²) >= 11 is 0. The van der Waals surface area contributed by atoms with E-state index in [9.17, 15) is 4.79 Å². The van der Waals surface area contributed by atoms with Crippen LogP contribution >= 0.6 is 0 Å². The zero-order chi connectivity index (χ0) is 13.6. The fraction of sp³-hybridized carbons (Fsp3) is 0.200. The van der Waals surface area contributed by atoms with Crippen LogP contribution < -0.4 is 5.73 Å². The molecule has 0 aliphatic heterocycles. The molecular weight excluding hydrogens is 238 g/mol. The van der Waals surface area contributed by atoms with E-state index in [-0.39, 0.29) is 5.92 Å². The average molecular weight is 253 g/mol. The number of nitrogens with one attached hydrogen (secondary N) is 1. The molecule has 96 valence electrons. The summed E-state index contributed by atoms with van der Waals surface area (Å²) in [6.45, 7) is 4.01. The molecule has 0 unspecified atom stereocenters. The lowest BCUT2D eigenvalue weighted by Gasteiger charge is -2.09. The van der Waals surface area contributed by atoms with Crippen molar-refractivity contribution in [3.63, 3.8) is 0 Å². The molecule has 19 heavy (non-hydrogen) atoms. The Labute approximate surface area is 110 Å². The van der Waals surface area contributed by atoms with Crippen molar-refractivity contribution in [3.05, 3.63) is 41.6 Å². The van der Waals surface area contributed by atoms with Crippen LogP contribution in [0.25, 0.3) is 21.9 Å². The highest BCUT2D eigenvalue weighted by atomic mass is 16.1. The molecule has 3 N–H and O–H groups in total. The predicted molar refractivity (Wildman–Crippen MR) is 76.2 cm³/mol. The van der Waals surface area contributed by atoms with Gasteiger partial charge < -0.3 is 10.7 Å². The molecule has 2 aromatic heterocycles. The Morgan fingerprint density at radius 1 is 1.26 bits per heavy atom. The van der Waals surface area contributed by atoms with Crippen LogP contribution in [-0.2, 0) is 0 Å². The number of amides is 1. The van der Waals surface area contributed by atoms with Crippen LogP contribution in [0.3, 0.4) is 0 Å². The summed E-state index contributed by atoms with van der Waals surface area (Å²) in [4.78, 5) is 19.5. The minimum Gasteiger partial charge on any atom is -0.366 e. The molecule has 0 atom stereocenters. The quantitative estimate of drug-likeness (QED) is 0.737. The number of pyridine rings is 1. The third kappa shape index (κ3) is 1.76. The van der Waals surface area contributed by atoms with Gasteiger partial charge in [0.15, 0.2) is 0 Å². The van der Waals surface area contributed by atoms with Gasteiger partial charge in [-0.15, -0.1) is 0 Å². The molecule has 2 heterocycles. The van der Waals surface area contributed by atoms with E-state index in [1.807, 2.05) is 44.2 Å². The van der Waals surface area contributed by atoms with Crippen LogP contribution in [0.4, 0.5) is 0 Å². The zero-order valence-corrected chi connectivity index (χ0v) is 10.9. The summed E-state index contributed by atoms with van der Waals surface area (Å²) in [5, 5.41) is 2.00. The smallest absolute Gasteiger partial charge is 0.250 e. The van der Waals surface area contributed by atoms with Gasteiger partial charge in [0, 0.05) is 16.3 Å². The van der Waals surface area contributed by atoms with Crippen LogP contribution in [0.1, 0.15) is 35.8 Å². The Bertz CT molecular complexity index is 787. The molecule has 0 radical (unpaired) electrons. The van der Waals surface area contributed by atoms with Crippen molar-refractivity contribution in [2.24, 2.45) is 5.73 Å². The highest BCUT2D eigenvalue weighted by Crippen LogP contribution is 2.28. The number of benzene rings is 1. The van der Waals surface area contributed by atoms with Crippen LogP contribution in [0, 0.1) is 0 Å². The summed E-state index contributed by atoms with van der Waals surface area (Å²) in [6, 6.07) is 9.79. The first kappa shape index (κ1) is 11.7. The number of nitrogens with two attached hydrogens (primary N) is 1. The lowest BCUT2D eigenvalue weighted by molar-refractivity contribution is 0.0999. The van der Waals surface area contributed by atoms with Crippen LogP contribution in [0.15, 0.2) is 30.3 Å². The fourth-order valence-electron chi connectivity index (χ4n) is 2.42. The Hall–Kier alpha value is -2.36. The topological polar surface area (TPSA) is 71.8 Å². The summed E-state index contributed by atoms with van der Waals surface area (Å²) < 4.78 is 0. The van der Waals surface area contributed by atoms with Gasteiger partial charge in [0.2, 0.25) is 0 Å². The van der Waals surface area contributed by atoms with E-state index in [0.29, 0.717) is 5.56 Å². The van der Waals surface area contributed by atoms with Gasteiger partial charge in [-0.2, -0.15) is 0 Å². The summed E-state index contributed by atoms with van der Waals surface area (Å²) in [7, 11) is 0. The number of H-pyrrole nitrogens is 1.